The van der Waals surface area contributed by atoms with Gasteiger partial charge in [0, 0.05) is 31.9 Å². The summed E-state index contributed by atoms with van der Waals surface area (Å²) in [6.45, 7) is 13.2. The fraction of sp³-hybridized carbons (Fsp3) is 0.257. The SMILES string of the molecule is C=CC(=O)OCCCOc1ccc(C(=O)Oc2ccc(OC(C)=O)c(C)c2)cc1.C=CC(=O)OCCCOc1ccc(C)cc1. The van der Waals surface area contributed by atoms with Gasteiger partial charge in [0.2, 0.25) is 0 Å². The molecular weight excluding hydrogens is 580 g/mol. The van der Waals surface area contributed by atoms with E-state index in [2.05, 4.69) is 13.2 Å². The van der Waals surface area contributed by atoms with Crippen LogP contribution in [0.2, 0.25) is 0 Å². The maximum atomic E-state index is 12.3. The lowest BCUT2D eigenvalue weighted by molar-refractivity contribution is -0.138. The summed E-state index contributed by atoms with van der Waals surface area (Å²) in [4.78, 5) is 44.9. The average Bonchev–Trinajstić information content (AvgIpc) is 3.03. The second-order valence-electron chi connectivity index (χ2n) is 9.40. The van der Waals surface area contributed by atoms with Gasteiger partial charge in [-0.2, -0.15) is 0 Å². The van der Waals surface area contributed by atoms with E-state index in [4.69, 9.17) is 28.4 Å². The molecule has 3 aromatic carbocycles. The van der Waals surface area contributed by atoms with E-state index in [1.165, 1.54) is 12.5 Å². The zero-order chi connectivity index (χ0) is 33.0. The van der Waals surface area contributed by atoms with Gasteiger partial charge in [0.05, 0.1) is 32.0 Å². The highest BCUT2D eigenvalue weighted by Gasteiger charge is 2.11. The Hall–Kier alpha value is -5.38. The van der Waals surface area contributed by atoms with E-state index in [1.807, 2.05) is 31.2 Å². The minimum atomic E-state index is -0.521. The van der Waals surface area contributed by atoms with Crippen molar-refractivity contribution < 1.29 is 47.6 Å². The fourth-order valence-corrected chi connectivity index (χ4v) is 3.40. The van der Waals surface area contributed by atoms with Crippen LogP contribution in [0.4, 0.5) is 0 Å². The molecule has 0 fully saturated rings. The smallest absolute Gasteiger partial charge is 0.343 e. The van der Waals surface area contributed by atoms with Gasteiger partial charge in [0.25, 0.3) is 0 Å². The highest BCUT2D eigenvalue weighted by atomic mass is 16.5. The standard InChI is InChI=1S/C22H22O7.C13H16O3/c1-4-21(24)27-13-5-12-26-18-8-6-17(7-9-18)22(25)29-19-10-11-20(15(2)14-19)28-16(3)23;1-3-13(14)16-10-4-9-15-12-7-5-11(2)6-8-12/h4,6-11,14H,1,5,12-13H2,2-3H3;3,5-8H,1,4,9-10H2,2H3. The highest BCUT2D eigenvalue weighted by molar-refractivity contribution is 5.91. The summed E-state index contributed by atoms with van der Waals surface area (Å²) in [6, 6.07) is 19.1. The third-order valence-electron chi connectivity index (χ3n) is 5.66. The number of ether oxygens (including phenoxy) is 6. The van der Waals surface area contributed by atoms with Crippen molar-refractivity contribution in [3.05, 3.63) is 109 Å². The Morgan fingerprint density at radius 1 is 0.644 bits per heavy atom. The zero-order valence-corrected chi connectivity index (χ0v) is 25.7. The summed E-state index contributed by atoms with van der Waals surface area (Å²) in [5.41, 5.74) is 2.24. The number of carbonyl (C=O) groups excluding carboxylic acids is 4. The van der Waals surface area contributed by atoms with Crippen LogP contribution < -0.4 is 18.9 Å². The topological polar surface area (TPSA) is 124 Å². The molecule has 0 radical (unpaired) electrons. The Bertz CT molecular complexity index is 1430. The number of benzene rings is 3. The monoisotopic (exact) mass is 618 g/mol. The van der Waals surface area contributed by atoms with Gasteiger partial charge in [-0.15, -0.1) is 0 Å². The number of carbonyl (C=O) groups is 4. The van der Waals surface area contributed by atoms with E-state index in [1.54, 1.807) is 49.4 Å². The largest absolute Gasteiger partial charge is 0.493 e. The van der Waals surface area contributed by atoms with Gasteiger partial charge >= 0.3 is 23.9 Å². The van der Waals surface area contributed by atoms with E-state index >= 15 is 0 Å². The number of hydrogen-bond donors (Lipinski definition) is 0. The molecule has 0 saturated carbocycles. The molecule has 0 bridgehead atoms. The van der Waals surface area contributed by atoms with Crippen LogP contribution in [-0.4, -0.2) is 50.3 Å². The number of aryl methyl sites for hydroxylation is 2. The molecule has 0 unspecified atom stereocenters. The van der Waals surface area contributed by atoms with Crippen molar-refractivity contribution in [2.45, 2.75) is 33.6 Å². The molecule has 0 aromatic heterocycles. The van der Waals surface area contributed by atoms with Crippen LogP contribution in [-0.2, 0) is 23.9 Å². The fourth-order valence-electron chi connectivity index (χ4n) is 3.40. The molecule has 0 aliphatic carbocycles. The maximum absolute atomic E-state index is 12.3. The van der Waals surface area contributed by atoms with Crippen molar-refractivity contribution in [3.63, 3.8) is 0 Å². The predicted molar refractivity (Wildman–Crippen MR) is 168 cm³/mol. The van der Waals surface area contributed by atoms with Crippen molar-refractivity contribution in [1.29, 1.82) is 0 Å². The molecule has 45 heavy (non-hydrogen) atoms. The van der Waals surface area contributed by atoms with E-state index < -0.39 is 23.9 Å². The average molecular weight is 619 g/mol. The molecule has 0 amide bonds. The molecule has 0 atom stereocenters. The van der Waals surface area contributed by atoms with Gasteiger partial charge in [0.1, 0.15) is 23.0 Å². The first kappa shape index (κ1) is 35.8. The first-order chi connectivity index (χ1) is 21.6. The summed E-state index contributed by atoms with van der Waals surface area (Å²) in [5.74, 6) is 0.375. The molecule has 238 valence electrons. The van der Waals surface area contributed by atoms with E-state index in [-0.39, 0.29) is 6.61 Å². The second kappa shape index (κ2) is 19.7. The van der Waals surface area contributed by atoms with Gasteiger partial charge in [-0.1, -0.05) is 30.9 Å². The third-order valence-corrected chi connectivity index (χ3v) is 5.66. The van der Waals surface area contributed by atoms with E-state index in [0.29, 0.717) is 61.0 Å². The van der Waals surface area contributed by atoms with Crippen LogP contribution in [0, 0.1) is 13.8 Å². The minimum absolute atomic E-state index is 0.241. The van der Waals surface area contributed by atoms with Gasteiger partial charge < -0.3 is 28.4 Å². The number of esters is 4. The normalized spacial score (nSPS) is 9.84. The lowest BCUT2D eigenvalue weighted by Gasteiger charge is -2.09. The minimum Gasteiger partial charge on any atom is -0.493 e. The van der Waals surface area contributed by atoms with Gasteiger partial charge in [-0.25, -0.2) is 14.4 Å². The highest BCUT2D eigenvalue weighted by Crippen LogP contribution is 2.24. The summed E-state index contributed by atoms with van der Waals surface area (Å²) in [6.07, 6.45) is 3.47. The van der Waals surface area contributed by atoms with Crippen molar-refractivity contribution >= 4 is 23.9 Å². The summed E-state index contributed by atoms with van der Waals surface area (Å²) in [7, 11) is 0. The Balaban J connectivity index is 0.000000372. The van der Waals surface area contributed by atoms with E-state index in [9.17, 15) is 19.2 Å². The molecule has 0 aliphatic rings. The van der Waals surface area contributed by atoms with Crippen LogP contribution in [0.25, 0.3) is 0 Å². The molecule has 0 saturated heterocycles. The maximum Gasteiger partial charge on any atom is 0.343 e. The Morgan fingerprint density at radius 2 is 1.13 bits per heavy atom. The molecule has 3 rings (SSSR count). The van der Waals surface area contributed by atoms with Crippen LogP contribution in [0.5, 0.6) is 23.0 Å². The molecule has 3 aromatic rings. The predicted octanol–water partition coefficient (Wildman–Crippen LogP) is 6.13. The Kier molecular flexibility index (Phi) is 15.7. The van der Waals surface area contributed by atoms with Crippen molar-refractivity contribution in [2.75, 3.05) is 26.4 Å². The third kappa shape index (κ3) is 14.6. The summed E-state index contributed by atoms with van der Waals surface area (Å²) < 4.78 is 31.0. The molecule has 0 N–H and O–H groups in total. The number of hydrogen-bond acceptors (Lipinski definition) is 10. The Morgan fingerprint density at radius 3 is 1.60 bits per heavy atom. The van der Waals surface area contributed by atoms with Crippen LogP contribution in [0.3, 0.4) is 0 Å². The molecular formula is C35H38O10. The molecule has 0 heterocycles. The van der Waals surface area contributed by atoms with Gasteiger partial charge in [-0.05, 0) is 74.0 Å². The molecule has 0 aliphatic heterocycles. The van der Waals surface area contributed by atoms with Gasteiger partial charge in [-0.3, -0.25) is 4.79 Å². The van der Waals surface area contributed by atoms with Crippen molar-refractivity contribution in [2.24, 2.45) is 0 Å². The second-order valence-corrected chi connectivity index (χ2v) is 9.40. The van der Waals surface area contributed by atoms with Crippen molar-refractivity contribution in [1.82, 2.24) is 0 Å². The lowest BCUT2D eigenvalue weighted by Crippen LogP contribution is -2.09. The molecule has 0 spiro atoms. The summed E-state index contributed by atoms with van der Waals surface area (Å²) >= 11 is 0. The first-order valence-corrected chi connectivity index (χ1v) is 14.1. The summed E-state index contributed by atoms with van der Waals surface area (Å²) in [5, 5.41) is 0. The molecule has 10 heteroatoms. The Labute approximate surface area is 263 Å². The van der Waals surface area contributed by atoms with Crippen LogP contribution >= 0.6 is 0 Å². The van der Waals surface area contributed by atoms with Crippen LogP contribution in [0.1, 0.15) is 41.3 Å². The van der Waals surface area contributed by atoms with E-state index in [0.717, 1.165) is 17.9 Å². The van der Waals surface area contributed by atoms with Crippen molar-refractivity contribution in [3.8, 4) is 23.0 Å². The van der Waals surface area contributed by atoms with Crippen LogP contribution in [0.15, 0.2) is 92.0 Å². The number of rotatable bonds is 15. The quantitative estimate of drug-likeness (QED) is 0.0850. The van der Waals surface area contributed by atoms with Gasteiger partial charge in [0.15, 0.2) is 0 Å². The lowest BCUT2D eigenvalue weighted by atomic mass is 10.2. The zero-order valence-electron chi connectivity index (χ0n) is 25.7. The first-order valence-electron chi connectivity index (χ1n) is 14.1. The molecule has 10 nitrogen and oxygen atoms in total.